The minimum Gasteiger partial charge on any atom is -0.468 e. The first-order valence-corrected chi connectivity index (χ1v) is 6.98. The molecule has 0 saturated carbocycles. The Morgan fingerprint density at radius 3 is 2.75 bits per heavy atom. The van der Waals surface area contributed by atoms with Gasteiger partial charge in [-0.25, -0.2) is 0 Å². The fourth-order valence-electron chi connectivity index (χ4n) is 2.43. The molecule has 118 valence electrons. The summed E-state index contributed by atoms with van der Waals surface area (Å²) in [6.45, 7) is 3.41. The average molecular weight is 296 g/mol. The molecule has 1 heterocycles. The number of methoxy groups -OCH3 is 1. The monoisotopic (exact) mass is 296 g/mol. The predicted octanol–water partition coefficient (Wildman–Crippen LogP) is 1.80. The fraction of sp³-hybridized carbons (Fsp3) is 0.923. The van der Waals surface area contributed by atoms with Crippen molar-refractivity contribution < 1.29 is 22.7 Å². The van der Waals surface area contributed by atoms with Crippen LogP contribution in [0.5, 0.6) is 0 Å². The van der Waals surface area contributed by atoms with Crippen LogP contribution < -0.4 is 5.32 Å². The number of nitrogens with zero attached hydrogens (tertiary/aromatic N) is 1. The van der Waals surface area contributed by atoms with Gasteiger partial charge in [0.2, 0.25) is 0 Å². The van der Waals surface area contributed by atoms with Gasteiger partial charge >= 0.3 is 12.1 Å². The van der Waals surface area contributed by atoms with Crippen molar-refractivity contribution in [2.45, 2.75) is 38.4 Å². The predicted molar refractivity (Wildman–Crippen MR) is 69.3 cm³/mol. The lowest BCUT2D eigenvalue weighted by Crippen LogP contribution is -2.51. The Bertz CT molecular complexity index is 310. The van der Waals surface area contributed by atoms with Gasteiger partial charge in [0.1, 0.15) is 6.04 Å². The van der Waals surface area contributed by atoms with Crippen molar-refractivity contribution in [3.63, 3.8) is 0 Å². The highest BCUT2D eigenvalue weighted by atomic mass is 19.4. The molecule has 0 aromatic carbocycles. The molecule has 0 aromatic heterocycles. The van der Waals surface area contributed by atoms with Crippen LogP contribution in [0.4, 0.5) is 13.2 Å². The van der Waals surface area contributed by atoms with Crippen LogP contribution in [0.1, 0.15) is 26.2 Å². The van der Waals surface area contributed by atoms with E-state index in [1.165, 1.54) is 7.11 Å². The maximum absolute atomic E-state index is 12.7. The summed E-state index contributed by atoms with van der Waals surface area (Å²) < 4.78 is 42.9. The second-order valence-corrected chi connectivity index (χ2v) is 5.17. The zero-order valence-corrected chi connectivity index (χ0v) is 12.0. The third-order valence-electron chi connectivity index (χ3n) is 3.54. The standard InChI is InChI=1S/C13H23F3N2O2/c1-3-6-17-11(12(19)20-2)9-18-7-4-5-10(8-18)13(14,15)16/h10-11,17H,3-9H2,1-2H3. The number of alkyl halides is 3. The minimum atomic E-state index is -4.16. The van der Waals surface area contributed by atoms with E-state index in [-0.39, 0.29) is 19.5 Å². The summed E-state index contributed by atoms with van der Waals surface area (Å²) in [5.74, 6) is -1.71. The summed E-state index contributed by atoms with van der Waals surface area (Å²) in [4.78, 5) is 13.3. The van der Waals surface area contributed by atoms with Crippen molar-refractivity contribution in [2.24, 2.45) is 5.92 Å². The van der Waals surface area contributed by atoms with E-state index < -0.39 is 24.1 Å². The molecule has 0 bridgehead atoms. The molecule has 1 saturated heterocycles. The molecule has 1 aliphatic heterocycles. The highest BCUT2D eigenvalue weighted by molar-refractivity contribution is 5.75. The molecule has 1 fully saturated rings. The number of rotatable bonds is 6. The molecule has 0 radical (unpaired) electrons. The van der Waals surface area contributed by atoms with Gasteiger partial charge in [0, 0.05) is 13.1 Å². The Morgan fingerprint density at radius 2 is 2.20 bits per heavy atom. The van der Waals surface area contributed by atoms with E-state index in [1.54, 1.807) is 4.90 Å². The molecule has 1 N–H and O–H groups in total. The lowest BCUT2D eigenvalue weighted by atomic mass is 9.97. The first-order chi connectivity index (χ1) is 9.38. The molecule has 0 amide bonds. The van der Waals surface area contributed by atoms with Crippen molar-refractivity contribution in [3.05, 3.63) is 0 Å². The number of piperidine rings is 1. The molecule has 2 unspecified atom stereocenters. The molecule has 20 heavy (non-hydrogen) atoms. The average Bonchev–Trinajstić information content (AvgIpc) is 2.42. The molecule has 0 aliphatic carbocycles. The number of nitrogens with one attached hydrogen (secondary N) is 1. The minimum absolute atomic E-state index is 0.0369. The normalized spacial score (nSPS) is 22.6. The van der Waals surface area contributed by atoms with Gasteiger partial charge in [0.25, 0.3) is 0 Å². The third-order valence-corrected chi connectivity index (χ3v) is 3.54. The van der Waals surface area contributed by atoms with Gasteiger partial charge < -0.3 is 15.0 Å². The van der Waals surface area contributed by atoms with Crippen LogP contribution in [0.25, 0.3) is 0 Å². The Balaban J connectivity index is 2.56. The molecule has 7 heteroatoms. The first-order valence-electron chi connectivity index (χ1n) is 6.98. The maximum atomic E-state index is 12.7. The second kappa shape index (κ2) is 7.83. The van der Waals surface area contributed by atoms with E-state index in [1.807, 2.05) is 6.92 Å². The van der Waals surface area contributed by atoms with Crippen molar-refractivity contribution in [2.75, 3.05) is 33.3 Å². The molecule has 0 aromatic rings. The molecule has 4 nitrogen and oxygen atoms in total. The van der Waals surface area contributed by atoms with Gasteiger partial charge in [-0.3, -0.25) is 4.79 Å². The van der Waals surface area contributed by atoms with E-state index in [4.69, 9.17) is 4.74 Å². The lowest BCUT2D eigenvalue weighted by molar-refractivity contribution is -0.187. The molecule has 1 aliphatic rings. The summed E-state index contributed by atoms with van der Waals surface area (Å²) in [5, 5.41) is 3.02. The van der Waals surface area contributed by atoms with Crippen LogP contribution >= 0.6 is 0 Å². The zero-order chi connectivity index (χ0) is 15.2. The van der Waals surface area contributed by atoms with Crippen molar-refractivity contribution in [1.82, 2.24) is 10.2 Å². The highest BCUT2D eigenvalue weighted by Gasteiger charge is 2.42. The van der Waals surface area contributed by atoms with Gasteiger partial charge in [-0.05, 0) is 32.4 Å². The van der Waals surface area contributed by atoms with E-state index in [2.05, 4.69) is 5.32 Å². The smallest absolute Gasteiger partial charge is 0.393 e. The Morgan fingerprint density at radius 1 is 1.50 bits per heavy atom. The van der Waals surface area contributed by atoms with Gasteiger partial charge in [0.05, 0.1) is 13.0 Å². The number of hydrogen-bond donors (Lipinski definition) is 1. The van der Waals surface area contributed by atoms with Crippen LogP contribution in [-0.4, -0.2) is 56.4 Å². The van der Waals surface area contributed by atoms with Gasteiger partial charge in [0.15, 0.2) is 0 Å². The quantitative estimate of drug-likeness (QED) is 0.759. The molecule has 2 atom stereocenters. The summed E-state index contributed by atoms with van der Waals surface area (Å²) >= 11 is 0. The highest BCUT2D eigenvalue weighted by Crippen LogP contribution is 2.33. The van der Waals surface area contributed by atoms with E-state index in [0.717, 1.165) is 6.42 Å². The summed E-state index contributed by atoms with van der Waals surface area (Å²) in [6.07, 6.45) is -2.63. The number of likely N-dealkylation sites (tertiary alicyclic amines) is 1. The number of esters is 1. The fourth-order valence-corrected chi connectivity index (χ4v) is 2.43. The first kappa shape index (κ1) is 17.2. The molecule has 0 spiro atoms. The molecule has 1 rings (SSSR count). The van der Waals surface area contributed by atoms with Gasteiger partial charge in [-0.2, -0.15) is 13.2 Å². The third kappa shape index (κ3) is 5.28. The van der Waals surface area contributed by atoms with Crippen LogP contribution in [0.2, 0.25) is 0 Å². The Hall–Kier alpha value is -0.820. The van der Waals surface area contributed by atoms with Crippen LogP contribution in [-0.2, 0) is 9.53 Å². The Kier molecular flexibility index (Phi) is 6.75. The molecular formula is C13H23F3N2O2. The van der Waals surface area contributed by atoms with Crippen molar-refractivity contribution >= 4 is 5.97 Å². The number of ether oxygens (including phenoxy) is 1. The maximum Gasteiger partial charge on any atom is 0.393 e. The van der Waals surface area contributed by atoms with E-state index in [9.17, 15) is 18.0 Å². The number of hydrogen-bond acceptors (Lipinski definition) is 4. The lowest BCUT2D eigenvalue weighted by Gasteiger charge is -2.35. The number of carbonyl (C=O) groups excluding carboxylic acids is 1. The number of carbonyl (C=O) groups is 1. The zero-order valence-electron chi connectivity index (χ0n) is 12.0. The summed E-state index contributed by atoms with van der Waals surface area (Å²) in [6, 6.07) is -0.563. The Labute approximate surface area is 117 Å². The van der Waals surface area contributed by atoms with Crippen LogP contribution in [0, 0.1) is 5.92 Å². The van der Waals surface area contributed by atoms with E-state index in [0.29, 0.717) is 19.5 Å². The van der Waals surface area contributed by atoms with Crippen molar-refractivity contribution in [1.29, 1.82) is 0 Å². The summed E-state index contributed by atoms with van der Waals surface area (Å²) in [5.41, 5.74) is 0. The van der Waals surface area contributed by atoms with Gasteiger partial charge in [-0.15, -0.1) is 0 Å². The molecular weight excluding hydrogens is 273 g/mol. The van der Waals surface area contributed by atoms with Crippen molar-refractivity contribution in [3.8, 4) is 0 Å². The second-order valence-electron chi connectivity index (χ2n) is 5.17. The van der Waals surface area contributed by atoms with Gasteiger partial charge in [-0.1, -0.05) is 6.92 Å². The largest absolute Gasteiger partial charge is 0.468 e. The topological polar surface area (TPSA) is 41.6 Å². The SMILES string of the molecule is CCCNC(CN1CCCC(C(F)(F)F)C1)C(=O)OC. The van der Waals surface area contributed by atoms with Crippen LogP contribution in [0.3, 0.4) is 0 Å². The van der Waals surface area contributed by atoms with E-state index >= 15 is 0 Å². The van der Waals surface area contributed by atoms with Crippen LogP contribution in [0.15, 0.2) is 0 Å². The summed E-state index contributed by atoms with van der Waals surface area (Å²) in [7, 11) is 1.29. The number of halogens is 3.